The van der Waals surface area contributed by atoms with Crippen molar-refractivity contribution in [3.63, 3.8) is 0 Å². The van der Waals surface area contributed by atoms with Crippen molar-refractivity contribution in [3.05, 3.63) is 17.5 Å². The second-order valence-electron chi connectivity index (χ2n) is 6.48. The highest BCUT2D eigenvalue weighted by Gasteiger charge is 2.31. The summed E-state index contributed by atoms with van der Waals surface area (Å²) in [6.07, 6.45) is 2.28. The highest BCUT2D eigenvalue weighted by Crippen LogP contribution is 2.40. The van der Waals surface area contributed by atoms with Gasteiger partial charge in [-0.15, -0.1) is 0 Å². The molecular weight excluding hydrogens is 270 g/mol. The summed E-state index contributed by atoms with van der Waals surface area (Å²) < 4.78 is 10.6. The number of ether oxygens (including phenoxy) is 1. The van der Waals surface area contributed by atoms with Gasteiger partial charge in [-0.05, 0) is 26.7 Å². The maximum Gasteiger partial charge on any atom is 0.273 e. The normalized spacial score (nSPS) is 20.5. The number of morpholine rings is 1. The Morgan fingerprint density at radius 3 is 2.81 bits per heavy atom. The molecule has 1 aliphatic carbocycles. The quantitative estimate of drug-likeness (QED) is 0.888. The van der Waals surface area contributed by atoms with E-state index in [0.717, 1.165) is 44.9 Å². The minimum atomic E-state index is -0.160. The maximum absolute atomic E-state index is 12.2. The molecule has 0 spiro atoms. The van der Waals surface area contributed by atoms with Crippen LogP contribution in [0.3, 0.4) is 0 Å². The van der Waals surface area contributed by atoms with E-state index in [2.05, 4.69) is 29.2 Å². The first kappa shape index (κ1) is 14.5. The van der Waals surface area contributed by atoms with Crippen LogP contribution in [-0.4, -0.2) is 54.4 Å². The average Bonchev–Trinajstić information content (AvgIpc) is 3.23. The van der Waals surface area contributed by atoms with Crippen molar-refractivity contribution in [1.29, 1.82) is 0 Å². The molecule has 1 saturated heterocycles. The Morgan fingerprint density at radius 2 is 2.14 bits per heavy atom. The van der Waals surface area contributed by atoms with Crippen LogP contribution >= 0.6 is 0 Å². The molecular formula is C15H23N3O3. The number of amides is 1. The number of nitrogens with zero attached hydrogens (tertiary/aromatic N) is 2. The second kappa shape index (κ2) is 5.77. The lowest BCUT2D eigenvalue weighted by atomic mass is 10.0. The molecule has 6 nitrogen and oxygen atoms in total. The van der Waals surface area contributed by atoms with Crippen molar-refractivity contribution in [3.8, 4) is 0 Å². The van der Waals surface area contributed by atoms with Gasteiger partial charge in [0, 0.05) is 37.2 Å². The topological polar surface area (TPSA) is 67.6 Å². The predicted octanol–water partition coefficient (Wildman–Crippen LogP) is 1.39. The number of aromatic nitrogens is 1. The number of carbonyl (C=O) groups excluding carboxylic acids is 1. The monoisotopic (exact) mass is 293 g/mol. The van der Waals surface area contributed by atoms with E-state index >= 15 is 0 Å². The van der Waals surface area contributed by atoms with Crippen LogP contribution < -0.4 is 5.32 Å². The third-order valence-corrected chi connectivity index (χ3v) is 4.29. The molecule has 2 heterocycles. The molecule has 0 aromatic carbocycles. The number of hydrogen-bond donors (Lipinski definition) is 1. The molecule has 1 aromatic rings. The first-order valence-corrected chi connectivity index (χ1v) is 7.64. The van der Waals surface area contributed by atoms with Gasteiger partial charge >= 0.3 is 0 Å². The molecule has 6 heteroatoms. The summed E-state index contributed by atoms with van der Waals surface area (Å²) in [5, 5.41) is 6.84. The van der Waals surface area contributed by atoms with Gasteiger partial charge in [0.1, 0.15) is 5.76 Å². The molecule has 1 saturated carbocycles. The van der Waals surface area contributed by atoms with Gasteiger partial charge in [-0.1, -0.05) is 5.16 Å². The van der Waals surface area contributed by atoms with E-state index in [1.807, 2.05) is 0 Å². The van der Waals surface area contributed by atoms with E-state index in [0.29, 0.717) is 18.2 Å². The van der Waals surface area contributed by atoms with Gasteiger partial charge in [0.05, 0.1) is 13.2 Å². The molecule has 1 aliphatic heterocycles. The molecule has 1 aromatic heterocycles. The van der Waals surface area contributed by atoms with Crippen LogP contribution in [0, 0.1) is 0 Å². The Balaban J connectivity index is 1.53. The summed E-state index contributed by atoms with van der Waals surface area (Å²) in [5.74, 6) is 1.16. The van der Waals surface area contributed by atoms with Crippen molar-refractivity contribution in [2.75, 3.05) is 32.8 Å². The predicted molar refractivity (Wildman–Crippen MR) is 77.3 cm³/mol. The zero-order valence-corrected chi connectivity index (χ0v) is 12.7. The molecule has 116 valence electrons. The van der Waals surface area contributed by atoms with Crippen molar-refractivity contribution in [2.45, 2.75) is 38.1 Å². The molecule has 2 aliphatic rings. The second-order valence-corrected chi connectivity index (χ2v) is 6.48. The van der Waals surface area contributed by atoms with Crippen LogP contribution in [0.15, 0.2) is 10.6 Å². The lowest BCUT2D eigenvalue weighted by molar-refractivity contribution is -0.00925. The van der Waals surface area contributed by atoms with Crippen LogP contribution in [-0.2, 0) is 4.74 Å². The van der Waals surface area contributed by atoms with Gasteiger partial charge in [-0.3, -0.25) is 9.69 Å². The van der Waals surface area contributed by atoms with Gasteiger partial charge < -0.3 is 14.6 Å². The van der Waals surface area contributed by atoms with Crippen molar-refractivity contribution >= 4 is 5.91 Å². The molecule has 21 heavy (non-hydrogen) atoms. The van der Waals surface area contributed by atoms with E-state index in [1.54, 1.807) is 6.07 Å². The lowest BCUT2D eigenvalue weighted by Gasteiger charge is -2.40. The van der Waals surface area contributed by atoms with Crippen LogP contribution in [0.5, 0.6) is 0 Å². The number of nitrogens with one attached hydrogen (secondary N) is 1. The van der Waals surface area contributed by atoms with Crippen LogP contribution in [0.25, 0.3) is 0 Å². The largest absolute Gasteiger partial charge is 0.379 e. The van der Waals surface area contributed by atoms with Gasteiger partial charge in [0.25, 0.3) is 5.91 Å². The van der Waals surface area contributed by atoms with Gasteiger partial charge in [0.15, 0.2) is 5.69 Å². The van der Waals surface area contributed by atoms with Crippen LogP contribution in [0.1, 0.15) is 48.9 Å². The Kier molecular flexibility index (Phi) is 3.99. The van der Waals surface area contributed by atoms with E-state index in [4.69, 9.17) is 9.26 Å². The summed E-state index contributed by atoms with van der Waals surface area (Å²) in [7, 11) is 0. The highest BCUT2D eigenvalue weighted by atomic mass is 16.5. The smallest absolute Gasteiger partial charge is 0.273 e. The maximum atomic E-state index is 12.2. The van der Waals surface area contributed by atoms with Crippen molar-refractivity contribution in [2.24, 2.45) is 0 Å². The number of hydrogen-bond acceptors (Lipinski definition) is 5. The van der Waals surface area contributed by atoms with Gasteiger partial charge in [-0.25, -0.2) is 0 Å². The van der Waals surface area contributed by atoms with E-state index in [1.165, 1.54) is 0 Å². The fourth-order valence-corrected chi connectivity index (χ4v) is 2.62. The minimum Gasteiger partial charge on any atom is -0.379 e. The minimum absolute atomic E-state index is 0.0947. The van der Waals surface area contributed by atoms with Gasteiger partial charge in [0.2, 0.25) is 0 Å². The highest BCUT2D eigenvalue weighted by molar-refractivity contribution is 5.92. The Morgan fingerprint density at radius 1 is 1.43 bits per heavy atom. The molecule has 1 amide bonds. The molecule has 0 bridgehead atoms. The summed E-state index contributed by atoms with van der Waals surface area (Å²) >= 11 is 0. The van der Waals surface area contributed by atoms with E-state index < -0.39 is 0 Å². The van der Waals surface area contributed by atoms with E-state index in [9.17, 15) is 4.79 Å². The lowest BCUT2D eigenvalue weighted by Crippen LogP contribution is -2.55. The molecule has 3 rings (SSSR count). The summed E-state index contributed by atoms with van der Waals surface area (Å²) in [6.45, 7) is 8.17. The molecule has 0 atom stereocenters. The molecule has 1 N–H and O–H groups in total. The van der Waals surface area contributed by atoms with Crippen molar-refractivity contribution in [1.82, 2.24) is 15.4 Å². The number of rotatable bonds is 5. The fourth-order valence-electron chi connectivity index (χ4n) is 2.62. The fraction of sp³-hybridized carbons (Fsp3) is 0.733. The molecule has 0 unspecified atom stereocenters. The zero-order valence-electron chi connectivity index (χ0n) is 12.7. The number of carbonyl (C=O) groups is 1. The summed E-state index contributed by atoms with van der Waals surface area (Å²) in [5.41, 5.74) is 0.289. The van der Waals surface area contributed by atoms with E-state index in [-0.39, 0.29) is 11.4 Å². The third kappa shape index (κ3) is 3.44. The van der Waals surface area contributed by atoms with Gasteiger partial charge in [-0.2, -0.15) is 0 Å². The summed E-state index contributed by atoms with van der Waals surface area (Å²) in [4.78, 5) is 14.5. The molecule has 0 radical (unpaired) electrons. The standard InChI is InChI=1S/C15H23N3O3/c1-15(2,18-5-7-20-8-6-18)10-16-14(19)12-9-13(21-17-12)11-3-4-11/h9,11H,3-8,10H2,1-2H3,(H,16,19). The Hall–Kier alpha value is -1.40. The van der Waals surface area contributed by atoms with Crippen LogP contribution in [0.2, 0.25) is 0 Å². The third-order valence-electron chi connectivity index (χ3n) is 4.29. The SMILES string of the molecule is CC(C)(CNC(=O)c1cc(C2CC2)on1)N1CCOCC1. The molecule has 2 fully saturated rings. The first-order chi connectivity index (χ1) is 10.1. The Labute approximate surface area is 124 Å². The Bertz CT molecular complexity index is 502. The van der Waals surface area contributed by atoms with Crippen molar-refractivity contribution < 1.29 is 14.1 Å². The average molecular weight is 293 g/mol. The summed E-state index contributed by atoms with van der Waals surface area (Å²) in [6, 6.07) is 1.77. The first-order valence-electron chi connectivity index (χ1n) is 7.64. The zero-order chi connectivity index (χ0) is 14.9. The van der Waals surface area contributed by atoms with Crippen LogP contribution in [0.4, 0.5) is 0 Å².